The molecule has 108 valence electrons. The Morgan fingerprint density at radius 3 is 2.79 bits per heavy atom. The number of H-pyrrole nitrogens is 1. The number of nitrogens with one attached hydrogen (secondary N) is 2. The summed E-state index contributed by atoms with van der Waals surface area (Å²) >= 11 is 0. The zero-order valence-corrected chi connectivity index (χ0v) is 12.1. The van der Waals surface area contributed by atoms with Gasteiger partial charge in [0.1, 0.15) is 11.4 Å². The van der Waals surface area contributed by atoms with Crippen molar-refractivity contribution >= 4 is 0 Å². The van der Waals surface area contributed by atoms with Crippen molar-refractivity contribution < 1.29 is 9.47 Å². The second-order valence-electron chi connectivity index (χ2n) is 4.54. The van der Waals surface area contributed by atoms with Gasteiger partial charge >= 0.3 is 0 Å². The molecule has 0 aliphatic carbocycles. The van der Waals surface area contributed by atoms with Crippen molar-refractivity contribution in [3.05, 3.63) is 27.9 Å². The van der Waals surface area contributed by atoms with Gasteiger partial charge in [-0.2, -0.15) is 0 Å². The Kier molecular flexibility index (Phi) is 6.14. The third-order valence-corrected chi connectivity index (χ3v) is 3.21. The number of nitrogens with zero attached hydrogens (tertiary/aromatic N) is 1. The fourth-order valence-electron chi connectivity index (χ4n) is 1.65. The molecule has 0 aliphatic rings. The van der Waals surface area contributed by atoms with Gasteiger partial charge in [0, 0.05) is 33.4 Å². The lowest BCUT2D eigenvalue weighted by atomic mass is 10.0. The fraction of sp³-hybridized carbons (Fsp3) is 0.692. The summed E-state index contributed by atoms with van der Waals surface area (Å²) in [6.45, 7) is 5.78. The Bertz CT molecular complexity index is 441. The normalized spacial score (nSPS) is 14.3. The quantitative estimate of drug-likeness (QED) is 0.682. The van der Waals surface area contributed by atoms with Crippen LogP contribution in [0.5, 0.6) is 0 Å². The van der Waals surface area contributed by atoms with Gasteiger partial charge in [0.25, 0.3) is 5.56 Å². The average molecular weight is 269 g/mol. The van der Waals surface area contributed by atoms with Crippen molar-refractivity contribution in [1.82, 2.24) is 15.3 Å². The summed E-state index contributed by atoms with van der Waals surface area (Å²) in [5, 5.41) is 3.16. The highest BCUT2D eigenvalue weighted by atomic mass is 16.5. The maximum absolute atomic E-state index is 11.7. The lowest BCUT2D eigenvalue weighted by Gasteiger charge is -2.25. The molecule has 0 amide bonds. The van der Waals surface area contributed by atoms with Crippen LogP contribution in [-0.4, -0.2) is 37.3 Å². The molecule has 0 fully saturated rings. The first kappa shape index (κ1) is 15.8. The number of aromatic amines is 1. The van der Waals surface area contributed by atoms with E-state index in [0.717, 1.165) is 13.0 Å². The van der Waals surface area contributed by atoms with E-state index in [4.69, 9.17) is 9.47 Å². The van der Waals surface area contributed by atoms with Crippen molar-refractivity contribution in [2.24, 2.45) is 0 Å². The second-order valence-corrected chi connectivity index (χ2v) is 4.54. The smallest absolute Gasteiger partial charge is 0.251 e. The SMILES string of the molecule is CCC(C)(OC)c1nc(CNCCOC)cc(=O)[nH]1. The largest absolute Gasteiger partial charge is 0.383 e. The molecular weight excluding hydrogens is 246 g/mol. The molecule has 1 rings (SSSR count). The van der Waals surface area contributed by atoms with Gasteiger partial charge in [-0.15, -0.1) is 0 Å². The fourth-order valence-corrected chi connectivity index (χ4v) is 1.65. The molecule has 0 saturated carbocycles. The van der Waals surface area contributed by atoms with Crippen LogP contribution < -0.4 is 10.9 Å². The van der Waals surface area contributed by atoms with Gasteiger partial charge in [0.2, 0.25) is 0 Å². The van der Waals surface area contributed by atoms with Gasteiger partial charge in [0.05, 0.1) is 12.3 Å². The molecule has 0 aromatic carbocycles. The van der Waals surface area contributed by atoms with Crippen molar-refractivity contribution in [3.8, 4) is 0 Å². The molecule has 1 unspecified atom stereocenters. The van der Waals surface area contributed by atoms with Crippen LogP contribution in [-0.2, 0) is 21.6 Å². The van der Waals surface area contributed by atoms with Gasteiger partial charge in [-0.1, -0.05) is 6.92 Å². The number of methoxy groups -OCH3 is 2. The molecule has 0 saturated heterocycles. The molecule has 1 atom stereocenters. The van der Waals surface area contributed by atoms with Crippen LogP contribution in [0.25, 0.3) is 0 Å². The molecule has 2 N–H and O–H groups in total. The monoisotopic (exact) mass is 269 g/mol. The van der Waals surface area contributed by atoms with Gasteiger partial charge in [-0.3, -0.25) is 4.79 Å². The minimum absolute atomic E-state index is 0.162. The molecule has 1 heterocycles. The van der Waals surface area contributed by atoms with Crippen LogP contribution in [0.4, 0.5) is 0 Å². The molecule has 0 spiro atoms. The van der Waals surface area contributed by atoms with E-state index >= 15 is 0 Å². The lowest BCUT2D eigenvalue weighted by Crippen LogP contribution is -2.30. The molecule has 19 heavy (non-hydrogen) atoms. The summed E-state index contributed by atoms with van der Waals surface area (Å²) in [4.78, 5) is 18.9. The van der Waals surface area contributed by atoms with Gasteiger partial charge < -0.3 is 19.8 Å². The maximum atomic E-state index is 11.7. The van der Waals surface area contributed by atoms with E-state index in [-0.39, 0.29) is 5.56 Å². The van der Waals surface area contributed by atoms with Crippen LogP contribution in [0.2, 0.25) is 0 Å². The molecule has 6 heteroatoms. The van der Waals surface area contributed by atoms with E-state index in [1.165, 1.54) is 6.07 Å². The summed E-state index contributed by atoms with van der Waals surface area (Å²) < 4.78 is 10.4. The third-order valence-electron chi connectivity index (χ3n) is 3.21. The van der Waals surface area contributed by atoms with Crippen molar-refractivity contribution in [1.29, 1.82) is 0 Å². The highest BCUT2D eigenvalue weighted by Crippen LogP contribution is 2.24. The first-order chi connectivity index (χ1) is 9.05. The summed E-state index contributed by atoms with van der Waals surface area (Å²) in [7, 11) is 3.27. The zero-order valence-electron chi connectivity index (χ0n) is 12.1. The Labute approximate surface area is 113 Å². The Balaban J connectivity index is 2.85. The van der Waals surface area contributed by atoms with E-state index in [0.29, 0.717) is 24.7 Å². The minimum Gasteiger partial charge on any atom is -0.383 e. The van der Waals surface area contributed by atoms with Crippen LogP contribution in [0, 0.1) is 0 Å². The minimum atomic E-state index is -0.568. The van der Waals surface area contributed by atoms with Crippen LogP contribution in [0.3, 0.4) is 0 Å². The van der Waals surface area contributed by atoms with Crippen LogP contribution in [0.1, 0.15) is 31.8 Å². The number of ether oxygens (including phenoxy) is 2. The van der Waals surface area contributed by atoms with E-state index in [9.17, 15) is 4.79 Å². The van der Waals surface area contributed by atoms with E-state index in [1.807, 2.05) is 13.8 Å². The highest BCUT2D eigenvalue weighted by Gasteiger charge is 2.27. The Morgan fingerprint density at radius 2 is 2.21 bits per heavy atom. The molecule has 0 aliphatic heterocycles. The van der Waals surface area contributed by atoms with E-state index in [1.54, 1.807) is 14.2 Å². The molecule has 1 aromatic heterocycles. The summed E-state index contributed by atoms with van der Waals surface area (Å²) in [6, 6.07) is 1.50. The Hall–Kier alpha value is -1.24. The number of hydrogen-bond acceptors (Lipinski definition) is 5. The molecule has 6 nitrogen and oxygen atoms in total. The summed E-state index contributed by atoms with van der Waals surface area (Å²) in [5.74, 6) is 0.563. The van der Waals surface area contributed by atoms with Crippen molar-refractivity contribution in [2.45, 2.75) is 32.4 Å². The number of hydrogen-bond donors (Lipinski definition) is 2. The summed E-state index contributed by atoms with van der Waals surface area (Å²) in [5.41, 5.74) is -0.0290. The molecular formula is C13H23N3O3. The topological polar surface area (TPSA) is 76.2 Å². The molecule has 1 aromatic rings. The van der Waals surface area contributed by atoms with Crippen molar-refractivity contribution in [3.63, 3.8) is 0 Å². The van der Waals surface area contributed by atoms with E-state index in [2.05, 4.69) is 15.3 Å². The molecule has 0 bridgehead atoms. The number of rotatable bonds is 8. The predicted octanol–water partition coefficient (Wildman–Crippen LogP) is 0.777. The standard InChI is InChI=1S/C13H23N3O3/c1-5-13(2,19-4)12-15-10(8-11(17)16-12)9-14-6-7-18-3/h8,14H,5-7,9H2,1-4H3,(H,15,16,17). The van der Waals surface area contributed by atoms with Crippen LogP contribution >= 0.6 is 0 Å². The van der Waals surface area contributed by atoms with Gasteiger partial charge in [-0.05, 0) is 13.3 Å². The highest BCUT2D eigenvalue weighted by molar-refractivity contribution is 5.08. The second kappa shape index (κ2) is 7.37. The predicted molar refractivity (Wildman–Crippen MR) is 73.1 cm³/mol. The first-order valence-electron chi connectivity index (χ1n) is 6.41. The zero-order chi connectivity index (χ0) is 14.3. The van der Waals surface area contributed by atoms with Crippen molar-refractivity contribution in [2.75, 3.05) is 27.4 Å². The molecule has 0 radical (unpaired) electrons. The first-order valence-corrected chi connectivity index (χ1v) is 6.41. The Morgan fingerprint density at radius 1 is 1.47 bits per heavy atom. The average Bonchev–Trinajstić information content (AvgIpc) is 2.42. The number of aromatic nitrogens is 2. The maximum Gasteiger partial charge on any atom is 0.251 e. The van der Waals surface area contributed by atoms with Gasteiger partial charge in [-0.25, -0.2) is 4.98 Å². The van der Waals surface area contributed by atoms with Crippen LogP contribution in [0.15, 0.2) is 10.9 Å². The summed E-state index contributed by atoms with van der Waals surface area (Å²) in [6.07, 6.45) is 0.729. The van der Waals surface area contributed by atoms with E-state index < -0.39 is 5.60 Å². The lowest BCUT2D eigenvalue weighted by molar-refractivity contribution is -0.00937. The third kappa shape index (κ3) is 4.41. The van der Waals surface area contributed by atoms with Gasteiger partial charge in [0.15, 0.2) is 0 Å².